The number of carbonyl (C=O) groups excluding carboxylic acids is 1. The van der Waals surface area contributed by atoms with Crippen LogP contribution in [0, 0.1) is 17.2 Å². The molecule has 0 bridgehead atoms. The third-order valence-corrected chi connectivity index (χ3v) is 2.81. The second-order valence-electron chi connectivity index (χ2n) is 4.01. The Hall–Kier alpha value is -1.78. The van der Waals surface area contributed by atoms with E-state index in [0.29, 0.717) is 0 Å². The van der Waals surface area contributed by atoms with Crippen LogP contribution in [0.3, 0.4) is 0 Å². The van der Waals surface area contributed by atoms with Crippen molar-refractivity contribution in [3.05, 3.63) is 22.2 Å². The maximum absolute atomic E-state index is 12.2. The van der Waals surface area contributed by atoms with Gasteiger partial charge in [-0.3, -0.25) is 0 Å². The molecule has 1 rings (SSSR count). The fraction of sp³-hybridized carbons (Fsp3) is 0.333. The van der Waals surface area contributed by atoms with E-state index in [1.165, 1.54) is 12.1 Å². The highest BCUT2D eigenvalue weighted by Crippen LogP contribution is 2.36. The molecule has 9 heteroatoms. The first-order valence-electron chi connectivity index (χ1n) is 5.71. The van der Waals surface area contributed by atoms with E-state index in [1.54, 1.807) is 6.92 Å². The smallest absolute Gasteiger partial charge is 0.387 e. The highest BCUT2D eigenvalue weighted by molar-refractivity contribution is 6.37. The zero-order chi connectivity index (χ0) is 16.0. The lowest BCUT2D eigenvalue weighted by Crippen LogP contribution is -2.32. The summed E-state index contributed by atoms with van der Waals surface area (Å²) in [5, 5.41) is 13.1. The third kappa shape index (κ3) is 5.61. The van der Waals surface area contributed by atoms with Crippen molar-refractivity contribution in [1.29, 1.82) is 5.26 Å². The van der Waals surface area contributed by atoms with Crippen LogP contribution < -0.4 is 15.4 Å². The van der Waals surface area contributed by atoms with Gasteiger partial charge in [-0.15, -0.1) is 0 Å². The lowest BCUT2D eigenvalue weighted by molar-refractivity contribution is -0.0497. The number of nitrogens with zero attached hydrogens (tertiary/aromatic N) is 1. The lowest BCUT2D eigenvalue weighted by Gasteiger charge is -2.12. The summed E-state index contributed by atoms with van der Waals surface area (Å²) in [7, 11) is 0. The molecule has 21 heavy (non-hydrogen) atoms. The molecule has 0 fully saturated rings. The summed E-state index contributed by atoms with van der Waals surface area (Å²) in [6.45, 7) is -1.25. The molecule has 1 atom stereocenters. The Labute approximate surface area is 129 Å². The SMILES string of the molecule is CC(C#N)CNC(=O)Nc1cc(Cl)c(OC(F)F)c(Cl)c1. The molecule has 2 N–H and O–H groups in total. The first kappa shape index (κ1) is 17.3. The van der Waals surface area contributed by atoms with Crippen molar-refractivity contribution < 1.29 is 18.3 Å². The van der Waals surface area contributed by atoms with Crippen molar-refractivity contribution in [3.63, 3.8) is 0 Å². The van der Waals surface area contributed by atoms with Gasteiger partial charge in [-0.05, 0) is 19.1 Å². The zero-order valence-corrected chi connectivity index (χ0v) is 12.3. The van der Waals surface area contributed by atoms with E-state index >= 15 is 0 Å². The predicted octanol–water partition coefficient (Wildman–Crippen LogP) is 3.88. The van der Waals surface area contributed by atoms with Crippen molar-refractivity contribution in [2.75, 3.05) is 11.9 Å². The van der Waals surface area contributed by atoms with Gasteiger partial charge in [0.2, 0.25) is 0 Å². The minimum Gasteiger partial charge on any atom is -0.432 e. The van der Waals surface area contributed by atoms with Gasteiger partial charge < -0.3 is 15.4 Å². The minimum absolute atomic E-state index is 0.163. The number of urea groups is 1. The van der Waals surface area contributed by atoms with Crippen LogP contribution in [0.25, 0.3) is 0 Å². The number of rotatable bonds is 5. The maximum Gasteiger partial charge on any atom is 0.387 e. The number of hydrogen-bond donors (Lipinski definition) is 2. The van der Waals surface area contributed by atoms with E-state index in [0.717, 1.165) is 0 Å². The van der Waals surface area contributed by atoms with E-state index in [-0.39, 0.29) is 33.9 Å². The van der Waals surface area contributed by atoms with E-state index in [2.05, 4.69) is 15.4 Å². The summed E-state index contributed by atoms with van der Waals surface area (Å²) in [4.78, 5) is 11.5. The molecule has 1 aromatic carbocycles. The number of amides is 2. The number of carbonyl (C=O) groups is 1. The van der Waals surface area contributed by atoms with Gasteiger partial charge in [0.25, 0.3) is 0 Å². The Bertz CT molecular complexity index is 541. The second-order valence-corrected chi connectivity index (χ2v) is 4.83. The summed E-state index contributed by atoms with van der Waals surface area (Å²) >= 11 is 11.5. The summed E-state index contributed by atoms with van der Waals surface area (Å²) in [6, 6.07) is 3.82. The number of ether oxygens (including phenoxy) is 1. The lowest BCUT2D eigenvalue weighted by atomic mass is 10.2. The highest BCUT2D eigenvalue weighted by atomic mass is 35.5. The topological polar surface area (TPSA) is 74.2 Å². The summed E-state index contributed by atoms with van der Waals surface area (Å²) < 4.78 is 28.5. The Kier molecular flexibility index (Phi) is 6.46. The fourth-order valence-electron chi connectivity index (χ4n) is 1.30. The summed E-state index contributed by atoms with van der Waals surface area (Å²) in [5.41, 5.74) is 0.203. The normalized spacial score (nSPS) is 11.7. The molecule has 0 aromatic heterocycles. The van der Waals surface area contributed by atoms with E-state index < -0.39 is 12.6 Å². The molecule has 0 aliphatic rings. The molecule has 1 aromatic rings. The number of nitriles is 1. The molecule has 0 saturated carbocycles. The van der Waals surface area contributed by atoms with E-state index in [1.807, 2.05) is 6.07 Å². The van der Waals surface area contributed by atoms with Gasteiger partial charge in [0, 0.05) is 12.2 Å². The van der Waals surface area contributed by atoms with E-state index in [9.17, 15) is 13.6 Å². The average molecular weight is 338 g/mol. The van der Waals surface area contributed by atoms with Crippen LogP contribution in [0.5, 0.6) is 5.75 Å². The molecule has 0 heterocycles. The number of nitrogens with one attached hydrogen (secondary N) is 2. The molecule has 0 spiro atoms. The van der Waals surface area contributed by atoms with Crippen LogP contribution in [-0.2, 0) is 0 Å². The molecule has 0 radical (unpaired) electrons. The van der Waals surface area contributed by atoms with Gasteiger partial charge in [-0.25, -0.2) is 4.79 Å². The van der Waals surface area contributed by atoms with Crippen molar-refractivity contribution >= 4 is 34.9 Å². The number of halogens is 4. The highest BCUT2D eigenvalue weighted by Gasteiger charge is 2.15. The van der Waals surface area contributed by atoms with Crippen molar-refractivity contribution in [1.82, 2.24) is 5.32 Å². The first-order chi connectivity index (χ1) is 9.83. The number of hydrogen-bond acceptors (Lipinski definition) is 3. The summed E-state index contributed by atoms with van der Waals surface area (Å²) in [6.07, 6.45) is 0. The van der Waals surface area contributed by atoms with Gasteiger partial charge in [-0.2, -0.15) is 14.0 Å². The summed E-state index contributed by atoms with van der Waals surface area (Å²) in [5.74, 6) is -0.706. The van der Waals surface area contributed by atoms with Gasteiger partial charge in [-0.1, -0.05) is 23.2 Å². The second kappa shape index (κ2) is 7.86. The number of benzene rings is 1. The number of alkyl halides is 2. The Morgan fingerprint density at radius 3 is 2.48 bits per heavy atom. The third-order valence-electron chi connectivity index (χ3n) is 2.25. The largest absolute Gasteiger partial charge is 0.432 e. The molecule has 114 valence electrons. The van der Waals surface area contributed by atoms with Crippen LogP contribution in [0.1, 0.15) is 6.92 Å². The predicted molar refractivity (Wildman–Crippen MR) is 74.9 cm³/mol. The maximum atomic E-state index is 12.2. The standard InChI is InChI=1S/C12H11Cl2F2N3O2/c1-6(4-17)5-18-12(20)19-7-2-8(13)10(9(14)3-7)21-11(15)16/h2-3,6,11H,5H2,1H3,(H2,18,19,20). The molecule has 0 aliphatic heterocycles. The quantitative estimate of drug-likeness (QED) is 0.856. The fourth-order valence-corrected chi connectivity index (χ4v) is 1.88. The monoisotopic (exact) mass is 337 g/mol. The van der Waals surface area contributed by atoms with Crippen molar-refractivity contribution in [2.45, 2.75) is 13.5 Å². The van der Waals surface area contributed by atoms with Crippen LogP contribution >= 0.6 is 23.2 Å². The Morgan fingerprint density at radius 1 is 1.43 bits per heavy atom. The van der Waals surface area contributed by atoms with Crippen LogP contribution in [0.4, 0.5) is 19.3 Å². The van der Waals surface area contributed by atoms with Gasteiger partial charge >= 0.3 is 12.6 Å². The molecular formula is C12H11Cl2F2N3O2. The average Bonchev–Trinajstić information content (AvgIpc) is 2.40. The Morgan fingerprint density at radius 2 is 2.00 bits per heavy atom. The van der Waals surface area contributed by atoms with Crippen molar-refractivity contribution in [3.8, 4) is 11.8 Å². The Balaban J connectivity index is 2.73. The van der Waals surface area contributed by atoms with Crippen LogP contribution in [-0.4, -0.2) is 19.2 Å². The van der Waals surface area contributed by atoms with E-state index in [4.69, 9.17) is 28.5 Å². The first-order valence-corrected chi connectivity index (χ1v) is 6.47. The minimum atomic E-state index is -3.06. The number of anilines is 1. The molecular weight excluding hydrogens is 327 g/mol. The van der Waals surface area contributed by atoms with Crippen molar-refractivity contribution in [2.24, 2.45) is 5.92 Å². The van der Waals surface area contributed by atoms with Gasteiger partial charge in [0.1, 0.15) is 0 Å². The molecule has 5 nitrogen and oxygen atoms in total. The molecule has 0 saturated heterocycles. The molecule has 2 amide bonds. The van der Waals surface area contributed by atoms with Crippen LogP contribution in [0.15, 0.2) is 12.1 Å². The van der Waals surface area contributed by atoms with Crippen LogP contribution in [0.2, 0.25) is 10.0 Å². The van der Waals surface area contributed by atoms with Gasteiger partial charge in [0.15, 0.2) is 5.75 Å². The molecule has 1 unspecified atom stereocenters. The molecule has 0 aliphatic carbocycles. The van der Waals surface area contributed by atoms with Gasteiger partial charge in [0.05, 0.1) is 22.0 Å². The zero-order valence-electron chi connectivity index (χ0n) is 10.8.